The molecule has 0 aliphatic carbocycles. The van der Waals surface area contributed by atoms with Gasteiger partial charge in [-0.25, -0.2) is 0 Å². The van der Waals surface area contributed by atoms with Crippen molar-refractivity contribution in [2.75, 3.05) is 20.8 Å². The van der Waals surface area contributed by atoms with Crippen molar-refractivity contribution in [3.05, 3.63) is 23.3 Å². The Morgan fingerprint density at radius 3 is 2.17 bits per heavy atom. The Morgan fingerprint density at radius 2 is 1.78 bits per heavy atom. The lowest BCUT2D eigenvalue weighted by Crippen LogP contribution is -2.13. The van der Waals surface area contributed by atoms with Crippen molar-refractivity contribution in [3.8, 4) is 11.5 Å². The maximum Gasteiger partial charge on any atom is 0.164 e. The maximum atomic E-state index is 9.37. The van der Waals surface area contributed by atoms with Gasteiger partial charge in [0.1, 0.15) is 0 Å². The van der Waals surface area contributed by atoms with E-state index in [-0.39, 0.29) is 17.9 Å². The first-order chi connectivity index (χ1) is 8.35. The molecule has 3 nitrogen and oxygen atoms in total. The third-order valence-corrected chi connectivity index (χ3v) is 3.18. The van der Waals surface area contributed by atoms with Gasteiger partial charge in [-0.15, -0.1) is 0 Å². The molecule has 1 aromatic rings. The van der Waals surface area contributed by atoms with Crippen LogP contribution in [0.2, 0.25) is 0 Å². The highest BCUT2D eigenvalue weighted by Gasteiger charge is 2.22. The van der Waals surface area contributed by atoms with Crippen LogP contribution in [0.3, 0.4) is 0 Å². The molecule has 0 heterocycles. The van der Waals surface area contributed by atoms with Gasteiger partial charge in [0.05, 0.1) is 14.2 Å². The standard InChI is InChI=1S/C15H24O3/c1-10(9-16)12-7-11(15(2,3)4)8-13(17-5)14(12)18-6/h7-8,10,16H,9H2,1-6H3. The monoisotopic (exact) mass is 252 g/mol. The first-order valence-electron chi connectivity index (χ1n) is 6.22. The molecule has 0 spiro atoms. The highest BCUT2D eigenvalue weighted by molar-refractivity contribution is 5.52. The summed E-state index contributed by atoms with van der Waals surface area (Å²) in [5.41, 5.74) is 2.20. The van der Waals surface area contributed by atoms with Gasteiger partial charge >= 0.3 is 0 Å². The molecule has 1 rings (SSSR count). The predicted octanol–water partition coefficient (Wildman–Crippen LogP) is 3.10. The molecule has 0 amide bonds. The zero-order chi connectivity index (χ0) is 13.9. The minimum atomic E-state index is 0.0242. The molecular weight excluding hydrogens is 228 g/mol. The molecule has 3 heteroatoms. The first kappa shape index (κ1) is 14.8. The number of benzene rings is 1. The molecule has 0 aromatic heterocycles. The Balaban J connectivity index is 3.45. The normalized spacial score (nSPS) is 13.3. The van der Waals surface area contributed by atoms with Gasteiger partial charge in [-0.05, 0) is 17.0 Å². The minimum absolute atomic E-state index is 0.0242. The van der Waals surface area contributed by atoms with Gasteiger partial charge in [0, 0.05) is 18.1 Å². The third-order valence-electron chi connectivity index (χ3n) is 3.18. The number of ether oxygens (including phenoxy) is 2. The fourth-order valence-electron chi connectivity index (χ4n) is 1.89. The zero-order valence-electron chi connectivity index (χ0n) is 12.2. The molecule has 0 fully saturated rings. The summed E-state index contributed by atoms with van der Waals surface area (Å²) in [5.74, 6) is 1.46. The van der Waals surface area contributed by atoms with Crippen molar-refractivity contribution in [1.82, 2.24) is 0 Å². The third kappa shape index (κ3) is 2.96. The smallest absolute Gasteiger partial charge is 0.164 e. The van der Waals surface area contributed by atoms with E-state index in [1.165, 1.54) is 5.56 Å². The molecule has 102 valence electrons. The number of aliphatic hydroxyl groups excluding tert-OH is 1. The van der Waals surface area contributed by atoms with E-state index >= 15 is 0 Å². The topological polar surface area (TPSA) is 38.7 Å². The first-order valence-corrected chi connectivity index (χ1v) is 6.22. The molecule has 0 radical (unpaired) electrons. The molecule has 0 bridgehead atoms. The van der Waals surface area contributed by atoms with Crippen LogP contribution >= 0.6 is 0 Å². The molecule has 1 atom stereocenters. The van der Waals surface area contributed by atoms with Crippen molar-refractivity contribution in [1.29, 1.82) is 0 Å². The molecule has 0 saturated heterocycles. The second-order valence-electron chi connectivity index (χ2n) is 5.63. The van der Waals surface area contributed by atoms with E-state index in [0.29, 0.717) is 5.75 Å². The summed E-state index contributed by atoms with van der Waals surface area (Å²) in [6.07, 6.45) is 0. The summed E-state index contributed by atoms with van der Waals surface area (Å²) < 4.78 is 10.8. The molecular formula is C15H24O3. The van der Waals surface area contributed by atoms with Crippen LogP contribution in [0.5, 0.6) is 11.5 Å². The Hall–Kier alpha value is -1.22. The fourth-order valence-corrected chi connectivity index (χ4v) is 1.89. The van der Waals surface area contributed by atoms with E-state index in [0.717, 1.165) is 11.3 Å². The van der Waals surface area contributed by atoms with Crippen molar-refractivity contribution in [3.63, 3.8) is 0 Å². The largest absolute Gasteiger partial charge is 0.493 e. The van der Waals surface area contributed by atoms with Gasteiger partial charge in [0.25, 0.3) is 0 Å². The summed E-state index contributed by atoms with van der Waals surface area (Å²) in [6.45, 7) is 8.53. The number of rotatable bonds is 4. The SMILES string of the molecule is COc1cc(C(C)(C)C)cc(C(C)CO)c1OC. The Morgan fingerprint density at radius 1 is 1.17 bits per heavy atom. The predicted molar refractivity (Wildman–Crippen MR) is 73.7 cm³/mol. The van der Waals surface area contributed by atoms with Crippen LogP contribution in [-0.2, 0) is 5.41 Å². The summed E-state index contributed by atoms with van der Waals surface area (Å²) in [4.78, 5) is 0. The highest BCUT2D eigenvalue weighted by Crippen LogP contribution is 2.39. The lowest BCUT2D eigenvalue weighted by Gasteiger charge is -2.24. The van der Waals surface area contributed by atoms with Crippen LogP contribution < -0.4 is 9.47 Å². The van der Waals surface area contributed by atoms with Gasteiger partial charge in [-0.2, -0.15) is 0 Å². The van der Waals surface area contributed by atoms with Crippen molar-refractivity contribution < 1.29 is 14.6 Å². The summed E-state index contributed by atoms with van der Waals surface area (Å²) in [5, 5.41) is 9.37. The average molecular weight is 252 g/mol. The van der Waals surface area contributed by atoms with Gasteiger partial charge < -0.3 is 14.6 Å². The van der Waals surface area contributed by atoms with Gasteiger partial charge in [0.2, 0.25) is 0 Å². The van der Waals surface area contributed by atoms with Gasteiger partial charge in [-0.1, -0.05) is 33.8 Å². The lowest BCUT2D eigenvalue weighted by atomic mass is 9.84. The molecule has 0 aliphatic heterocycles. The van der Waals surface area contributed by atoms with Crippen LogP contribution in [0.25, 0.3) is 0 Å². The quantitative estimate of drug-likeness (QED) is 0.895. The van der Waals surface area contributed by atoms with Crippen molar-refractivity contribution in [2.24, 2.45) is 0 Å². The minimum Gasteiger partial charge on any atom is -0.493 e. The molecule has 1 unspecified atom stereocenters. The molecule has 18 heavy (non-hydrogen) atoms. The number of hydrogen-bond donors (Lipinski definition) is 1. The van der Waals surface area contributed by atoms with E-state index in [1.807, 2.05) is 13.0 Å². The maximum absolute atomic E-state index is 9.37. The van der Waals surface area contributed by atoms with Crippen LogP contribution in [0.1, 0.15) is 44.7 Å². The molecule has 0 saturated carbocycles. The van der Waals surface area contributed by atoms with E-state index in [2.05, 4.69) is 26.8 Å². The molecule has 0 aliphatic rings. The van der Waals surface area contributed by atoms with Crippen LogP contribution in [0.15, 0.2) is 12.1 Å². The van der Waals surface area contributed by atoms with E-state index in [1.54, 1.807) is 14.2 Å². The fraction of sp³-hybridized carbons (Fsp3) is 0.600. The Kier molecular flexibility index (Phi) is 4.63. The zero-order valence-corrected chi connectivity index (χ0v) is 12.2. The van der Waals surface area contributed by atoms with Crippen LogP contribution in [-0.4, -0.2) is 25.9 Å². The Bertz CT molecular complexity index is 405. The van der Waals surface area contributed by atoms with Crippen LogP contribution in [0.4, 0.5) is 0 Å². The second kappa shape index (κ2) is 5.61. The highest BCUT2D eigenvalue weighted by atomic mass is 16.5. The van der Waals surface area contributed by atoms with Crippen LogP contribution in [0, 0.1) is 0 Å². The van der Waals surface area contributed by atoms with E-state index in [9.17, 15) is 5.11 Å². The number of aliphatic hydroxyl groups is 1. The average Bonchev–Trinajstić information content (AvgIpc) is 2.34. The lowest BCUT2D eigenvalue weighted by molar-refractivity contribution is 0.268. The summed E-state index contributed by atoms with van der Waals surface area (Å²) >= 11 is 0. The second-order valence-corrected chi connectivity index (χ2v) is 5.63. The van der Waals surface area contributed by atoms with E-state index in [4.69, 9.17) is 9.47 Å². The number of methoxy groups -OCH3 is 2. The summed E-state index contributed by atoms with van der Waals surface area (Å²) in [7, 11) is 3.26. The Labute approximate surface area is 110 Å². The van der Waals surface area contributed by atoms with Crippen molar-refractivity contribution >= 4 is 0 Å². The molecule has 1 aromatic carbocycles. The van der Waals surface area contributed by atoms with Crippen molar-refractivity contribution in [2.45, 2.75) is 39.0 Å². The van der Waals surface area contributed by atoms with E-state index < -0.39 is 0 Å². The van der Waals surface area contributed by atoms with Gasteiger partial charge in [0.15, 0.2) is 11.5 Å². The van der Waals surface area contributed by atoms with Gasteiger partial charge in [-0.3, -0.25) is 0 Å². The number of hydrogen-bond acceptors (Lipinski definition) is 3. The summed E-state index contributed by atoms with van der Waals surface area (Å²) in [6, 6.07) is 4.11. The molecule has 1 N–H and O–H groups in total.